The number of hydrogen-bond donors (Lipinski definition) is 0. The van der Waals surface area contributed by atoms with Crippen molar-refractivity contribution >= 4 is 9.84 Å². The largest absolute Gasteiger partial charge is 0.338 e. The van der Waals surface area contributed by atoms with Crippen LogP contribution in [-0.4, -0.2) is 18.6 Å². The molecule has 24 heavy (non-hydrogen) atoms. The average molecular weight is 342 g/mol. The third-order valence-corrected chi connectivity index (χ3v) is 5.68. The molecule has 0 bridgehead atoms. The van der Waals surface area contributed by atoms with E-state index in [1.165, 1.54) is 0 Å². The summed E-state index contributed by atoms with van der Waals surface area (Å²) in [6.07, 6.45) is 0. The van der Waals surface area contributed by atoms with E-state index in [2.05, 4.69) is 10.1 Å². The van der Waals surface area contributed by atoms with Gasteiger partial charge in [0.1, 0.15) is 5.75 Å². The van der Waals surface area contributed by atoms with Crippen molar-refractivity contribution in [1.29, 1.82) is 0 Å². The van der Waals surface area contributed by atoms with Gasteiger partial charge in [0.2, 0.25) is 11.7 Å². The molecule has 0 aliphatic heterocycles. The van der Waals surface area contributed by atoms with Gasteiger partial charge in [0, 0.05) is 5.56 Å². The number of aromatic nitrogens is 2. The summed E-state index contributed by atoms with van der Waals surface area (Å²) < 4.78 is 30.5. The van der Waals surface area contributed by atoms with Crippen molar-refractivity contribution in [3.8, 4) is 11.4 Å². The molecule has 0 amide bonds. The van der Waals surface area contributed by atoms with Crippen LogP contribution in [0.5, 0.6) is 0 Å². The maximum absolute atomic E-state index is 12.7. The first-order valence-electron chi connectivity index (χ1n) is 7.55. The van der Waals surface area contributed by atoms with Crippen molar-refractivity contribution in [3.05, 3.63) is 65.0 Å². The third kappa shape index (κ3) is 3.23. The van der Waals surface area contributed by atoms with E-state index in [-0.39, 0.29) is 11.6 Å². The molecule has 3 aromatic rings. The third-order valence-electron chi connectivity index (χ3n) is 3.94. The van der Waals surface area contributed by atoms with E-state index >= 15 is 0 Å². The van der Waals surface area contributed by atoms with Crippen LogP contribution in [0.3, 0.4) is 0 Å². The van der Waals surface area contributed by atoms with Gasteiger partial charge < -0.3 is 4.52 Å². The van der Waals surface area contributed by atoms with Crippen LogP contribution in [0.15, 0.2) is 51.9 Å². The maximum atomic E-state index is 12.7. The molecule has 0 aliphatic carbocycles. The molecule has 0 N–H and O–H groups in total. The van der Waals surface area contributed by atoms with Crippen LogP contribution in [0.2, 0.25) is 0 Å². The molecule has 1 heterocycles. The Hall–Kier alpha value is -2.47. The number of nitrogens with zero attached hydrogens (tertiary/aromatic N) is 2. The maximum Gasteiger partial charge on any atom is 0.242 e. The molecule has 0 spiro atoms. The summed E-state index contributed by atoms with van der Waals surface area (Å²) in [6.45, 7) is 5.65. The molecule has 0 unspecified atom stereocenters. The van der Waals surface area contributed by atoms with E-state index < -0.39 is 9.84 Å². The van der Waals surface area contributed by atoms with Gasteiger partial charge in [-0.1, -0.05) is 41.6 Å². The van der Waals surface area contributed by atoms with Crippen molar-refractivity contribution < 1.29 is 12.9 Å². The lowest BCUT2D eigenvalue weighted by Crippen LogP contribution is -2.08. The van der Waals surface area contributed by atoms with Crippen LogP contribution in [-0.2, 0) is 15.6 Å². The highest BCUT2D eigenvalue weighted by Crippen LogP contribution is 2.24. The lowest BCUT2D eigenvalue weighted by Gasteiger charge is -2.09. The Morgan fingerprint density at radius 2 is 1.62 bits per heavy atom. The first kappa shape index (κ1) is 16.4. The quantitative estimate of drug-likeness (QED) is 0.724. The van der Waals surface area contributed by atoms with Gasteiger partial charge in [-0.25, -0.2) is 8.42 Å². The summed E-state index contributed by atoms with van der Waals surface area (Å²) in [5.74, 6) is 0.167. The molecule has 0 radical (unpaired) electrons. The van der Waals surface area contributed by atoms with Crippen molar-refractivity contribution in [3.63, 3.8) is 0 Å². The summed E-state index contributed by atoms with van der Waals surface area (Å²) in [7, 11) is -3.55. The van der Waals surface area contributed by atoms with Crippen molar-refractivity contribution in [2.45, 2.75) is 31.4 Å². The van der Waals surface area contributed by atoms with E-state index in [1.807, 2.05) is 50.2 Å². The zero-order valence-corrected chi connectivity index (χ0v) is 14.6. The summed E-state index contributed by atoms with van der Waals surface area (Å²) in [5, 5.41) is 3.87. The second-order valence-electron chi connectivity index (χ2n) is 5.84. The van der Waals surface area contributed by atoms with E-state index in [4.69, 9.17) is 4.52 Å². The minimum atomic E-state index is -3.55. The summed E-state index contributed by atoms with van der Waals surface area (Å²) in [4.78, 5) is 4.51. The highest BCUT2D eigenvalue weighted by Gasteiger charge is 2.22. The molecule has 6 heteroatoms. The second kappa shape index (κ2) is 6.20. The van der Waals surface area contributed by atoms with Crippen LogP contribution in [0.4, 0.5) is 0 Å². The van der Waals surface area contributed by atoms with Crippen LogP contribution in [0, 0.1) is 20.8 Å². The molecular weight excluding hydrogens is 324 g/mol. The fourth-order valence-electron chi connectivity index (χ4n) is 2.53. The van der Waals surface area contributed by atoms with Crippen LogP contribution in [0.25, 0.3) is 11.4 Å². The van der Waals surface area contributed by atoms with Gasteiger partial charge in [-0.2, -0.15) is 4.98 Å². The van der Waals surface area contributed by atoms with Crippen LogP contribution >= 0.6 is 0 Å². The van der Waals surface area contributed by atoms with Crippen LogP contribution < -0.4 is 0 Å². The van der Waals surface area contributed by atoms with Gasteiger partial charge >= 0.3 is 0 Å². The lowest BCUT2D eigenvalue weighted by atomic mass is 10.1. The first-order valence-corrected chi connectivity index (χ1v) is 9.20. The highest BCUT2D eigenvalue weighted by molar-refractivity contribution is 7.90. The minimum absolute atomic E-state index is 0.0893. The van der Waals surface area contributed by atoms with Crippen molar-refractivity contribution in [2.75, 3.05) is 0 Å². The van der Waals surface area contributed by atoms with Gasteiger partial charge in [-0.15, -0.1) is 0 Å². The van der Waals surface area contributed by atoms with Gasteiger partial charge in [-0.05, 0) is 43.5 Å². The second-order valence-corrected chi connectivity index (χ2v) is 7.80. The van der Waals surface area contributed by atoms with Crippen molar-refractivity contribution in [1.82, 2.24) is 10.1 Å². The monoisotopic (exact) mass is 342 g/mol. The summed E-state index contributed by atoms with van der Waals surface area (Å²) >= 11 is 0. The molecule has 0 fully saturated rings. The summed E-state index contributed by atoms with van der Waals surface area (Å²) in [6, 6.07) is 12.9. The smallest absolute Gasteiger partial charge is 0.242 e. The number of aryl methyl sites for hydroxylation is 3. The Morgan fingerprint density at radius 1 is 0.958 bits per heavy atom. The fraction of sp³-hybridized carbons (Fsp3) is 0.222. The molecule has 5 nitrogen and oxygen atoms in total. The van der Waals surface area contributed by atoms with Gasteiger partial charge in [-0.3, -0.25) is 0 Å². The normalized spacial score (nSPS) is 11.6. The van der Waals surface area contributed by atoms with E-state index in [0.717, 1.165) is 22.3 Å². The Bertz CT molecular complexity index is 977. The lowest BCUT2D eigenvalue weighted by molar-refractivity contribution is 0.389. The number of sulfone groups is 1. The van der Waals surface area contributed by atoms with Gasteiger partial charge in [0.25, 0.3) is 0 Å². The first-order chi connectivity index (χ1) is 11.4. The Kier molecular flexibility index (Phi) is 4.24. The number of benzene rings is 2. The average Bonchev–Trinajstić information content (AvgIpc) is 2.99. The predicted molar refractivity (Wildman–Crippen MR) is 91.3 cm³/mol. The van der Waals surface area contributed by atoms with Gasteiger partial charge in [0.15, 0.2) is 9.84 Å². The topological polar surface area (TPSA) is 73.1 Å². The molecule has 0 atom stereocenters. The van der Waals surface area contributed by atoms with E-state index in [1.54, 1.807) is 13.0 Å². The molecule has 1 aromatic heterocycles. The minimum Gasteiger partial charge on any atom is -0.338 e. The molecule has 3 rings (SSSR count). The van der Waals surface area contributed by atoms with Crippen LogP contribution in [0.1, 0.15) is 22.6 Å². The van der Waals surface area contributed by atoms with E-state index in [9.17, 15) is 8.42 Å². The molecule has 2 aromatic carbocycles. The summed E-state index contributed by atoms with van der Waals surface area (Å²) in [5.41, 5.74) is 3.51. The SMILES string of the molecule is Cc1cc(C)c(S(=O)(=O)Cc2nc(-c3ccccc3)no2)cc1C. The van der Waals surface area contributed by atoms with Crippen molar-refractivity contribution in [2.24, 2.45) is 0 Å². The highest BCUT2D eigenvalue weighted by atomic mass is 32.2. The molecule has 0 saturated carbocycles. The zero-order chi connectivity index (χ0) is 17.3. The number of rotatable bonds is 4. The molecule has 0 saturated heterocycles. The Morgan fingerprint density at radius 3 is 2.33 bits per heavy atom. The Balaban J connectivity index is 1.91. The fourth-order valence-corrected chi connectivity index (χ4v) is 4.03. The predicted octanol–water partition coefficient (Wildman–Crippen LogP) is 3.64. The zero-order valence-electron chi connectivity index (χ0n) is 13.8. The number of hydrogen-bond acceptors (Lipinski definition) is 5. The molecule has 124 valence electrons. The van der Waals surface area contributed by atoms with Gasteiger partial charge in [0.05, 0.1) is 4.90 Å². The van der Waals surface area contributed by atoms with E-state index in [0.29, 0.717) is 10.7 Å². The molecule has 0 aliphatic rings. The standard InChI is InChI=1S/C18H18N2O3S/c1-12-9-14(3)16(10-13(12)2)24(21,22)11-17-19-18(20-23-17)15-7-5-4-6-8-15/h4-10H,11H2,1-3H3. The Labute approximate surface area is 141 Å². The molecular formula is C18H18N2O3S.